The van der Waals surface area contributed by atoms with E-state index in [1.807, 2.05) is 17.5 Å². The number of benzene rings is 1. The van der Waals surface area contributed by atoms with Crippen molar-refractivity contribution < 1.29 is 14.7 Å². The van der Waals surface area contributed by atoms with E-state index in [0.717, 1.165) is 18.4 Å². The maximum atomic E-state index is 11.7. The summed E-state index contributed by atoms with van der Waals surface area (Å²) in [7, 11) is 0. The van der Waals surface area contributed by atoms with Crippen LogP contribution in [-0.4, -0.2) is 23.5 Å². The van der Waals surface area contributed by atoms with Gasteiger partial charge in [0.15, 0.2) is 0 Å². The molecule has 5 heteroatoms. The molecule has 0 fully saturated rings. The minimum atomic E-state index is -0.931. The second kappa shape index (κ2) is 8.34. The van der Waals surface area contributed by atoms with Crippen molar-refractivity contribution in [2.75, 3.05) is 6.54 Å². The van der Waals surface area contributed by atoms with Crippen molar-refractivity contribution in [3.63, 3.8) is 0 Å². The van der Waals surface area contributed by atoms with Crippen molar-refractivity contribution >= 4 is 23.2 Å². The highest BCUT2D eigenvalue weighted by molar-refractivity contribution is 7.09. The average Bonchev–Trinajstić information content (AvgIpc) is 3.01. The van der Waals surface area contributed by atoms with Crippen LogP contribution in [0.25, 0.3) is 0 Å². The molecule has 4 nitrogen and oxygen atoms in total. The number of hydrogen-bond donors (Lipinski definition) is 2. The summed E-state index contributed by atoms with van der Waals surface area (Å²) in [4.78, 5) is 23.9. The highest BCUT2D eigenvalue weighted by Gasteiger charge is 2.05. The molecule has 0 aliphatic heterocycles. The third-order valence-electron chi connectivity index (χ3n) is 3.32. The smallest absolute Gasteiger partial charge is 0.335 e. The van der Waals surface area contributed by atoms with E-state index >= 15 is 0 Å². The van der Waals surface area contributed by atoms with Crippen LogP contribution in [0.4, 0.5) is 0 Å². The van der Waals surface area contributed by atoms with Crippen LogP contribution in [0.1, 0.15) is 33.6 Å². The minimum Gasteiger partial charge on any atom is -0.478 e. The van der Waals surface area contributed by atoms with Gasteiger partial charge in [-0.05, 0) is 48.4 Å². The Bertz CT molecular complexity index is 623. The number of carboxylic acids is 1. The summed E-state index contributed by atoms with van der Waals surface area (Å²) in [5.74, 6) is -0.884. The van der Waals surface area contributed by atoms with Gasteiger partial charge in [0.1, 0.15) is 0 Å². The number of thiophene rings is 1. The molecule has 0 bridgehead atoms. The van der Waals surface area contributed by atoms with E-state index in [0.29, 0.717) is 19.4 Å². The number of aryl methyl sites for hydroxylation is 1. The second-order valence-corrected chi connectivity index (χ2v) is 6.07. The van der Waals surface area contributed by atoms with Crippen molar-refractivity contribution in [1.29, 1.82) is 0 Å². The van der Waals surface area contributed by atoms with Crippen molar-refractivity contribution in [3.8, 4) is 0 Å². The van der Waals surface area contributed by atoms with Crippen LogP contribution in [0, 0.1) is 0 Å². The van der Waals surface area contributed by atoms with E-state index in [4.69, 9.17) is 5.11 Å². The molecule has 0 aliphatic rings. The molecule has 2 rings (SSSR count). The normalized spacial score (nSPS) is 10.4. The van der Waals surface area contributed by atoms with E-state index in [9.17, 15) is 9.59 Å². The van der Waals surface area contributed by atoms with Gasteiger partial charge in [0, 0.05) is 17.8 Å². The third-order valence-corrected chi connectivity index (χ3v) is 4.25. The summed E-state index contributed by atoms with van der Waals surface area (Å²) in [5.41, 5.74) is 1.19. The molecule has 116 valence electrons. The van der Waals surface area contributed by atoms with Gasteiger partial charge in [-0.15, -0.1) is 11.3 Å². The molecule has 0 aliphatic carbocycles. The number of carbonyl (C=O) groups excluding carboxylic acids is 1. The largest absolute Gasteiger partial charge is 0.478 e. The Balaban J connectivity index is 1.66. The lowest BCUT2D eigenvalue weighted by atomic mass is 10.1. The van der Waals surface area contributed by atoms with Crippen LogP contribution in [0.5, 0.6) is 0 Å². The molecule has 0 atom stereocenters. The fourth-order valence-electron chi connectivity index (χ4n) is 2.17. The monoisotopic (exact) mass is 317 g/mol. The molecule has 1 aromatic carbocycles. The van der Waals surface area contributed by atoms with Crippen molar-refractivity contribution in [3.05, 3.63) is 57.8 Å². The van der Waals surface area contributed by atoms with E-state index in [1.165, 1.54) is 4.88 Å². The number of amides is 1. The first-order valence-electron chi connectivity index (χ1n) is 7.26. The first-order valence-corrected chi connectivity index (χ1v) is 8.14. The lowest BCUT2D eigenvalue weighted by molar-refractivity contribution is -0.121. The summed E-state index contributed by atoms with van der Waals surface area (Å²) in [5, 5.41) is 13.8. The predicted molar refractivity (Wildman–Crippen MR) is 87.4 cm³/mol. The van der Waals surface area contributed by atoms with Crippen LogP contribution in [0.15, 0.2) is 41.8 Å². The van der Waals surface area contributed by atoms with Gasteiger partial charge < -0.3 is 10.4 Å². The summed E-state index contributed by atoms with van der Waals surface area (Å²) in [6.45, 7) is 0.529. The van der Waals surface area contributed by atoms with E-state index in [2.05, 4.69) is 11.4 Å². The Hall–Kier alpha value is -2.14. The molecule has 0 spiro atoms. The first kappa shape index (κ1) is 16.2. The minimum absolute atomic E-state index is 0.0472. The summed E-state index contributed by atoms with van der Waals surface area (Å²) < 4.78 is 0. The number of carbonyl (C=O) groups is 2. The highest BCUT2D eigenvalue weighted by atomic mass is 32.1. The quantitative estimate of drug-likeness (QED) is 0.786. The van der Waals surface area contributed by atoms with Gasteiger partial charge in [0.2, 0.25) is 5.91 Å². The van der Waals surface area contributed by atoms with Crippen LogP contribution >= 0.6 is 11.3 Å². The molecule has 2 aromatic rings. The zero-order valence-electron chi connectivity index (χ0n) is 12.2. The van der Waals surface area contributed by atoms with Gasteiger partial charge in [-0.25, -0.2) is 4.79 Å². The Morgan fingerprint density at radius 3 is 2.73 bits per heavy atom. The van der Waals surface area contributed by atoms with Gasteiger partial charge >= 0.3 is 5.97 Å². The molecular weight excluding hydrogens is 298 g/mol. The summed E-state index contributed by atoms with van der Waals surface area (Å²) >= 11 is 1.71. The maximum Gasteiger partial charge on any atom is 0.335 e. The fraction of sp³-hybridized carbons (Fsp3) is 0.294. The molecular formula is C17H19NO3S. The molecule has 1 heterocycles. The SMILES string of the molecule is O=C(CCCc1cccs1)NCCc1cccc(C(=O)O)c1. The first-order chi connectivity index (χ1) is 10.6. The van der Waals surface area contributed by atoms with Crippen LogP contribution in [0.3, 0.4) is 0 Å². The predicted octanol–water partition coefficient (Wildman–Crippen LogP) is 3.13. The number of rotatable bonds is 8. The maximum absolute atomic E-state index is 11.7. The van der Waals surface area contributed by atoms with Gasteiger partial charge in [-0.1, -0.05) is 18.2 Å². The molecule has 2 N–H and O–H groups in total. The van der Waals surface area contributed by atoms with Crippen LogP contribution in [0.2, 0.25) is 0 Å². The number of hydrogen-bond acceptors (Lipinski definition) is 3. The lowest BCUT2D eigenvalue weighted by Gasteiger charge is -2.06. The Kier molecular flexibility index (Phi) is 6.15. The molecule has 0 unspecified atom stereocenters. The van der Waals surface area contributed by atoms with E-state index in [1.54, 1.807) is 29.5 Å². The molecule has 1 aromatic heterocycles. The molecule has 0 radical (unpaired) electrons. The van der Waals surface area contributed by atoms with Crippen molar-refractivity contribution in [2.24, 2.45) is 0 Å². The number of carboxylic acid groups (broad SMARTS) is 1. The van der Waals surface area contributed by atoms with Gasteiger partial charge in [-0.2, -0.15) is 0 Å². The third kappa shape index (κ3) is 5.33. The van der Waals surface area contributed by atoms with Gasteiger partial charge in [0.05, 0.1) is 5.56 Å². The Morgan fingerprint density at radius 2 is 2.00 bits per heavy atom. The van der Waals surface area contributed by atoms with Crippen molar-refractivity contribution in [2.45, 2.75) is 25.7 Å². The molecule has 22 heavy (non-hydrogen) atoms. The molecule has 1 amide bonds. The lowest BCUT2D eigenvalue weighted by Crippen LogP contribution is -2.25. The standard InChI is InChI=1S/C17H19NO3S/c19-16(8-2-6-15-7-3-11-22-15)18-10-9-13-4-1-5-14(12-13)17(20)21/h1,3-5,7,11-12H,2,6,8-10H2,(H,18,19)(H,20,21). The second-order valence-electron chi connectivity index (χ2n) is 5.04. The van der Waals surface area contributed by atoms with Gasteiger partial charge in [-0.3, -0.25) is 4.79 Å². The molecule has 0 saturated heterocycles. The number of nitrogens with one attached hydrogen (secondary N) is 1. The zero-order chi connectivity index (χ0) is 15.8. The van der Waals surface area contributed by atoms with Crippen LogP contribution in [-0.2, 0) is 17.6 Å². The van der Waals surface area contributed by atoms with E-state index < -0.39 is 5.97 Å². The Morgan fingerprint density at radius 1 is 1.14 bits per heavy atom. The van der Waals surface area contributed by atoms with Crippen LogP contribution < -0.4 is 5.32 Å². The highest BCUT2D eigenvalue weighted by Crippen LogP contribution is 2.11. The summed E-state index contributed by atoms with van der Waals surface area (Å²) in [6, 6.07) is 10.9. The fourth-order valence-corrected chi connectivity index (χ4v) is 2.92. The van der Waals surface area contributed by atoms with E-state index in [-0.39, 0.29) is 11.5 Å². The number of aromatic carboxylic acids is 1. The zero-order valence-corrected chi connectivity index (χ0v) is 13.1. The average molecular weight is 317 g/mol. The van der Waals surface area contributed by atoms with Crippen molar-refractivity contribution in [1.82, 2.24) is 5.32 Å². The summed E-state index contributed by atoms with van der Waals surface area (Å²) in [6.07, 6.45) is 2.94. The Labute approximate surface area is 133 Å². The van der Waals surface area contributed by atoms with Gasteiger partial charge in [0.25, 0.3) is 0 Å². The topological polar surface area (TPSA) is 66.4 Å². The molecule has 0 saturated carbocycles.